The Morgan fingerprint density at radius 3 is 2.53 bits per heavy atom. The van der Waals surface area contributed by atoms with Crippen LogP contribution < -0.4 is 4.90 Å². The number of aromatic nitrogens is 2. The molecule has 0 spiro atoms. The molecule has 2 rings (SSSR count). The molecular weight excluding hydrogens is 220 g/mol. The van der Waals surface area contributed by atoms with E-state index in [1.807, 2.05) is 0 Å². The van der Waals surface area contributed by atoms with Crippen molar-refractivity contribution in [3.8, 4) is 0 Å². The Morgan fingerprint density at radius 1 is 1.41 bits per heavy atom. The van der Waals surface area contributed by atoms with Gasteiger partial charge >= 0.3 is 5.82 Å². The van der Waals surface area contributed by atoms with E-state index in [1.54, 1.807) is 11.6 Å². The molecule has 1 aromatic rings. The SMILES string of the molecule is CC1CC(C)CN(c2c([N+](=O)[O-])ncn2C)C1. The summed E-state index contributed by atoms with van der Waals surface area (Å²) in [5.74, 6) is 1.73. The molecule has 0 radical (unpaired) electrons. The van der Waals surface area contributed by atoms with E-state index in [-0.39, 0.29) is 5.82 Å². The van der Waals surface area contributed by atoms with Gasteiger partial charge in [0, 0.05) is 20.1 Å². The number of anilines is 1. The molecule has 0 saturated carbocycles. The zero-order valence-corrected chi connectivity index (χ0v) is 10.5. The van der Waals surface area contributed by atoms with Gasteiger partial charge in [-0.15, -0.1) is 0 Å². The van der Waals surface area contributed by atoms with Crippen LogP contribution in [0.2, 0.25) is 0 Å². The molecule has 6 nitrogen and oxygen atoms in total. The summed E-state index contributed by atoms with van der Waals surface area (Å²) in [7, 11) is 1.80. The van der Waals surface area contributed by atoms with E-state index in [0.29, 0.717) is 17.7 Å². The average Bonchev–Trinajstić information content (AvgIpc) is 2.58. The van der Waals surface area contributed by atoms with Crippen molar-refractivity contribution >= 4 is 11.6 Å². The van der Waals surface area contributed by atoms with E-state index in [2.05, 4.69) is 23.7 Å². The summed E-state index contributed by atoms with van der Waals surface area (Å²) in [6.45, 7) is 6.10. The highest BCUT2D eigenvalue weighted by molar-refractivity contribution is 5.54. The first-order chi connectivity index (χ1) is 7.99. The number of nitrogens with zero attached hydrogens (tertiary/aromatic N) is 4. The molecule has 94 valence electrons. The van der Waals surface area contributed by atoms with Crippen molar-refractivity contribution in [1.29, 1.82) is 0 Å². The average molecular weight is 238 g/mol. The second kappa shape index (κ2) is 4.35. The molecule has 0 aliphatic carbocycles. The van der Waals surface area contributed by atoms with Gasteiger partial charge in [-0.3, -0.25) is 4.57 Å². The molecule has 0 N–H and O–H groups in total. The number of rotatable bonds is 2. The standard InChI is InChI=1S/C11H18N4O2/c1-8-4-9(2)6-14(5-8)11-10(15(16)17)12-7-13(11)3/h7-9H,4-6H2,1-3H3. The van der Waals surface area contributed by atoms with Crippen LogP contribution in [0.5, 0.6) is 0 Å². The molecular formula is C11H18N4O2. The van der Waals surface area contributed by atoms with Crippen LogP contribution in [0.15, 0.2) is 6.33 Å². The molecule has 0 aromatic carbocycles. The predicted molar refractivity (Wildman–Crippen MR) is 65.0 cm³/mol. The van der Waals surface area contributed by atoms with Crippen LogP contribution in [-0.4, -0.2) is 27.6 Å². The summed E-state index contributed by atoms with van der Waals surface area (Å²) in [5.41, 5.74) is 0. The maximum absolute atomic E-state index is 10.9. The second-order valence-electron chi connectivity index (χ2n) is 5.11. The lowest BCUT2D eigenvalue weighted by molar-refractivity contribution is -0.388. The minimum atomic E-state index is -0.403. The number of hydrogen-bond acceptors (Lipinski definition) is 4. The Hall–Kier alpha value is -1.59. The minimum Gasteiger partial charge on any atom is -0.358 e. The highest BCUT2D eigenvalue weighted by atomic mass is 16.6. The molecule has 2 unspecified atom stereocenters. The van der Waals surface area contributed by atoms with Gasteiger partial charge in [0.25, 0.3) is 0 Å². The maximum Gasteiger partial charge on any atom is 0.406 e. The van der Waals surface area contributed by atoms with Crippen LogP contribution in [0.3, 0.4) is 0 Å². The Balaban J connectivity index is 2.32. The zero-order valence-electron chi connectivity index (χ0n) is 10.5. The van der Waals surface area contributed by atoms with E-state index in [4.69, 9.17) is 0 Å². The van der Waals surface area contributed by atoms with Crippen molar-refractivity contribution in [3.05, 3.63) is 16.4 Å². The first kappa shape index (κ1) is 11.9. The lowest BCUT2D eigenvalue weighted by Crippen LogP contribution is -2.39. The van der Waals surface area contributed by atoms with Crippen LogP contribution in [0.25, 0.3) is 0 Å². The third-order valence-corrected chi connectivity index (χ3v) is 3.23. The Labute approximate surface area is 100 Å². The second-order valence-corrected chi connectivity index (χ2v) is 5.11. The fourth-order valence-corrected chi connectivity index (χ4v) is 2.74. The van der Waals surface area contributed by atoms with Crippen LogP contribution in [0.4, 0.5) is 11.6 Å². The summed E-state index contributed by atoms with van der Waals surface area (Å²) in [6.07, 6.45) is 2.69. The van der Waals surface area contributed by atoms with Crippen LogP contribution in [0.1, 0.15) is 20.3 Å². The summed E-state index contributed by atoms with van der Waals surface area (Å²) in [4.78, 5) is 16.5. The first-order valence-electron chi connectivity index (χ1n) is 5.89. The van der Waals surface area contributed by atoms with Gasteiger partial charge in [0.15, 0.2) is 0 Å². The van der Waals surface area contributed by atoms with Gasteiger partial charge in [-0.2, -0.15) is 0 Å². The fraction of sp³-hybridized carbons (Fsp3) is 0.727. The molecule has 1 aromatic heterocycles. The van der Waals surface area contributed by atoms with E-state index in [9.17, 15) is 10.1 Å². The van der Waals surface area contributed by atoms with Crippen LogP contribution in [-0.2, 0) is 7.05 Å². The first-order valence-corrected chi connectivity index (χ1v) is 5.89. The lowest BCUT2D eigenvalue weighted by Gasteiger charge is -2.35. The van der Waals surface area contributed by atoms with Crippen molar-refractivity contribution in [2.24, 2.45) is 18.9 Å². The molecule has 17 heavy (non-hydrogen) atoms. The van der Waals surface area contributed by atoms with Crippen LogP contribution >= 0.6 is 0 Å². The van der Waals surface area contributed by atoms with Crippen LogP contribution in [0, 0.1) is 22.0 Å². The summed E-state index contributed by atoms with van der Waals surface area (Å²) >= 11 is 0. The van der Waals surface area contributed by atoms with Gasteiger partial charge in [0.2, 0.25) is 12.1 Å². The zero-order chi connectivity index (χ0) is 12.6. The van der Waals surface area contributed by atoms with Gasteiger partial charge in [0.1, 0.15) is 0 Å². The minimum absolute atomic E-state index is 0.0335. The third-order valence-electron chi connectivity index (χ3n) is 3.23. The molecule has 0 amide bonds. The van der Waals surface area contributed by atoms with Crippen molar-refractivity contribution < 1.29 is 4.92 Å². The normalized spacial score (nSPS) is 25.0. The lowest BCUT2D eigenvalue weighted by atomic mass is 9.92. The number of nitro groups is 1. The summed E-state index contributed by atoms with van der Waals surface area (Å²) < 4.78 is 1.74. The number of piperidine rings is 1. The van der Waals surface area contributed by atoms with Crippen molar-refractivity contribution in [3.63, 3.8) is 0 Å². The molecule has 1 fully saturated rings. The van der Waals surface area contributed by atoms with Gasteiger partial charge in [-0.25, -0.2) is 0 Å². The fourth-order valence-electron chi connectivity index (χ4n) is 2.74. The Bertz CT molecular complexity index is 419. The van der Waals surface area contributed by atoms with Crippen molar-refractivity contribution in [2.45, 2.75) is 20.3 Å². The summed E-state index contributed by atoms with van der Waals surface area (Å²) in [5, 5.41) is 10.9. The molecule has 2 heterocycles. The molecule has 6 heteroatoms. The highest BCUT2D eigenvalue weighted by Gasteiger charge is 2.30. The maximum atomic E-state index is 10.9. The van der Waals surface area contributed by atoms with E-state index in [0.717, 1.165) is 13.1 Å². The topological polar surface area (TPSA) is 64.2 Å². The van der Waals surface area contributed by atoms with Crippen molar-refractivity contribution in [2.75, 3.05) is 18.0 Å². The third kappa shape index (κ3) is 2.25. The summed E-state index contributed by atoms with van der Waals surface area (Å²) in [6, 6.07) is 0. The molecule has 0 bridgehead atoms. The molecule has 1 aliphatic heterocycles. The van der Waals surface area contributed by atoms with E-state index < -0.39 is 4.92 Å². The largest absolute Gasteiger partial charge is 0.406 e. The van der Waals surface area contributed by atoms with E-state index in [1.165, 1.54) is 12.7 Å². The predicted octanol–water partition coefficient (Wildman–Crippen LogP) is 1.81. The number of hydrogen-bond donors (Lipinski definition) is 0. The monoisotopic (exact) mass is 238 g/mol. The van der Waals surface area contributed by atoms with Crippen molar-refractivity contribution in [1.82, 2.24) is 9.55 Å². The molecule has 1 saturated heterocycles. The number of aryl methyl sites for hydroxylation is 1. The highest BCUT2D eigenvalue weighted by Crippen LogP contribution is 2.31. The molecule has 2 atom stereocenters. The Morgan fingerprint density at radius 2 is 2.00 bits per heavy atom. The number of imidazole rings is 1. The van der Waals surface area contributed by atoms with E-state index >= 15 is 0 Å². The van der Waals surface area contributed by atoms with Gasteiger partial charge < -0.3 is 15.0 Å². The Kier molecular flexibility index (Phi) is 3.04. The van der Waals surface area contributed by atoms with Gasteiger partial charge in [-0.05, 0) is 28.2 Å². The molecule has 1 aliphatic rings. The quantitative estimate of drug-likeness (QED) is 0.582. The van der Waals surface area contributed by atoms with Gasteiger partial charge in [-0.1, -0.05) is 13.8 Å². The van der Waals surface area contributed by atoms with Gasteiger partial charge in [0.05, 0.1) is 0 Å². The smallest absolute Gasteiger partial charge is 0.358 e.